The number of ether oxygens (including phenoxy) is 1. The van der Waals surface area contributed by atoms with Crippen molar-refractivity contribution in [2.24, 2.45) is 0 Å². The summed E-state index contributed by atoms with van der Waals surface area (Å²) in [5.74, 6) is -1.40. The molecule has 4 N–H and O–H groups in total. The second-order valence-electron chi connectivity index (χ2n) is 6.04. The van der Waals surface area contributed by atoms with Crippen LogP contribution in [0, 0.1) is 11.6 Å². The number of nitrogens with one attached hydrogen (secondary N) is 2. The second kappa shape index (κ2) is 7.86. The first-order valence-corrected chi connectivity index (χ1v) is 8.21. The zero-order valence-electron chi connectivity index (χ0n) is 14.5. The molecule has 0 aliphatic heterocycles. The van der Waals surface area contributed by atoms with Gasteiger partial charge in [0.2, 0.25) is 0 Å². The topological polar surface area (TPSA) is 89.3 Å². The van der Waals surface area contributed by atoms with E-state index in [4.69, 9.17) is 10.5 Å². The minimum absolute atomic E-state index is 0.0444. The van der Waals surface area contributed by atoms with Crippen molar-refractivity contribution in [1.82, 2.24) is 10.3 Å². The second-order valence-corrected chi connectivity index (χ2v) is 6.04. The SMILES string of the molecule is CC(COc1cc(F)cc(F)c1)NC(=O)Nc1ccc(N)c2cnccc12. The molecule has 6 nitrogen and oxygen atoms in total. The molecular weight excluding hydrogens is 354 g/mol. The van der Waals surface area contributed by atoms with Gasteiger partial charge in [0, 0.05) is 47.1 Å². The number of amides is 2. The van der Waals surface area contributed by atoms with Crippen LogP contribution in [-0.2, 0) is 0 Å². The van der Waals surface area contributed by atoms with Crippen LogP contribution >= 0.6 is 0 Å². The molecule has 27 heavy (non-hydrogen) atoms. The van der Waals surface area contributed by atoms with E-state index >= 15 is 0 Å². The van der Waals surface area contributed by atoms with E-state index in [2.05, 4.69) is 15.6 Å². The van der Waals surface area contributed by atoms with Crippen LogP contribution in [0.1, 0.15) is 6.92 Å². The van der Waals surface area contributed by atoms with E-state index in [9.17, 15) is 13.6 Å². The van der Waals surface area contributed by atoms with Crippen LogP contribution in [0.25, 0.3) is 10.8 Å². The van der Waals surface area contributed by atoms with Crippen LogP contribution in [0.15, 0.2) is 48.8 Å². The van der Waals surface area contributed by atoms with Gasteiger partial charge in [0.05, 0.1) is 11.7 Å². The molecule has 0 saturated carbocycles. The molecule has 0 saturated heterocycles. The number of carbonyl (C=O) groups excluding carboxylic acids is 1. The Balaban J connectivity index is 1.60. The summed E-state index contributed by atoms with van der Waals surface area (Å²) in [7, 11) is 0. The van der Waals surface area contributed by atoms with E-state index in [1.807, 2.05) is 0 Å². The number of fused-ring (bicyclic) bond motifs is 1. The normalized spacial score (nSPS) is 11.8. The van der Waals surface area contributed by atoms with E-state index < -0.39 is 23.7 Å². The molecule has 2 aromatic carbocycles. The van der Waals surface area contributed by atoms with Crippen molar-refractivity contribution in [3.05, 3.63) is 60.4 Å². The predicted molar refractivity (Wildman–Crippen MR) is 99.6 cm³/mol. The Bertz CT molecular complexity index is 961. The van der Waals surface area contributed by atoms with Crippen molar-refractivity contribution in [1.29, 1.82) is 0 Å². The maximum atomic E-state index is 13.1. The van der Waals surface area contributed by atoms with Crippen LogP contribution in [0.2, 0.25) is 0 Å². The number of rotatable bonds is 5. The lowest BCUT2D eigenvalue weighted by Crippen LogP contribution is -2.39. The Morgan fingerprint density at radius 1 is 1.19 bits per heavy atom. The third-order valence-electron chi connectivity index (χ3n) is 3.81. The minimum atomic E-state index is -0.729. The van der Waals surface area contributed by atoms with Crippen molar-refractivity contribution in [2.75, 3.05) is 17.7 Å². The Morgan fingerprint density at radius 3 is 2.67 bits per heavy atom. The number of nitrogen functional groups attached to an aromatic ring is 1. The fourth-order valence-corrected chi connectivity index (χ4v) is 2.58. The molecule has 0 bridgehead atoms. The molecule has 0 fully saturated rings. The van der Waals surface area contributed by atoms with Gasteiger partial charge >= 0.3 is 6.03 Å². The molecule has 1 aromatic heterocycles. The van der Waals surface area contributed by atoms with Gasteiger partial charge in [0.15, 0.2) is 0 Å². The highest BCUT2D eigenvalue weighted by atomic mass is 19.1. The zero-order chi connectivity index (χ0) is 19.4. The molecular formula is C19H18F2N4O2. The van der Waals surface area contributed by atoms with Gasteiger partial charge in [-0.25, -0.2) is 13.6 Å². The van der Waals surface area contributed by atoms with Crippen molar-refractivity contribution >= 4 is 28.2 Å². The van der Waals surface area contributed by atoms with Gasteiger partial charge in [-0.3, -0.25) is 4.98 Å². The van der Waals surface area contributed by atoms with Crippen molar-refractivity contribution in [2.45, 2.75) is 13.0 Å². The molecule has 0 spiro atoms. The monoisotopic (exact) mass is 372 g/mol. The molecule has 0 radical (unpaired) electrons. The number of hydrogen-bond acceptors (Lipinski definition) is 4. The van der Waals surface area contributed by atoms with Crippen molar-refractivity contribution < 1.29 is 18.3 Å². The van der Waals surface area contributed by atoms with E-state index in [0.29, 0.717) is 11.4 Å². The Morgan fingerprint density at radius 2 is 1.93 bits per heavy atom. The highest BCUT2D eigenvalue weighted by Crippen LogP contribution is 2.27. The number of pyridine rings is 1. The predicted octanol–water partition coefficient (Wildman–Crippen LogP) is 3.68. The summed E-state index contributed by atoms with van der Waals surface area (Å²) >= 11 is 0. The maximum Gasteiger partial charge on any atom is 0.319 e. The Kier molecular flexibility index (Phi) is 5.35. The largest absolute Gasteiger partial charge is 0.491 e. The van der Waals surface area contributed by atoms with Gasteiger partial charge in [-0.2, -0.15) is 0 Å². The maximum absolute atomic E-state index is 13.1. The summed E-state index contributed by atoms with van der Waals surface area (Å²) in [5.41, 5.74) is 7.06. The fraction of sp³-hybridized carbons (Fsp3) is 0.158. The smallest absolute Gasteiger partial charge is 0.319 e. The number of benzene rings is 2. The van der Waals surface area contributed by atoms with Crippen LogP contribution < -0.4 is 21.1 Å². The summed E-state index contributed by atoms with van der Waals surface area (Å²) < 4.78 is 31.6. The average molecular weight is 372 g/mol. The number of aromatic nitrogens is 1. The van der Waals surface area contributed by atoms with E-state index in [0.717, 1.165) is 29.0 Å². The third kappa shape index (κ3) is 4.60. The van der Waals surface area contributed by atoms with Gasteiger partial charge < -0.3 is 21.1 Å². The lowest BCUT2D eigenvalue weighted by Gasteiger charge is -2.16. The number of nitrogens with two attached hydrogens (primary N) is 1. The van der Waals surface area contributed by atoms with E-state index in [1.165, 1.54) is 0 Å². The third-order valence-corrected chi connectivity index (χ3v) is 3.81. The lowest BCUT2D eigenvalue weighted by molar-refractivity contribution is 0.236. The van der Waals surface area contributed by atoms with Gasteiger partial charge in [-0.1, -0.05) is 0 Å². The van der Waals surface area contributed by atoms with E-state index in [1.54, 1.807) is 37.5 Å². The Labute approximate surface area is 154 Å². The van der Waals surface area contributed by atoms with E-state index in [-0.39, 0.29) is 12.4 Å². The Hall–Kier alpha value is -3.42. The summed E-state index contributed by atoms with van der Waals surface area (Å²) in [6.07, 6.45) is 3.24. The average Bonchev–Trinajstić information content (AvgIpc) is 2.62. The summed E-state index contributed by atoms with van der Waals surface area (Å²) in [6.45, 7) is 1.75. The summed E-state index contributed by atoms with van der Waals surface area (Å²) in [6, 6.07) is 7.20. The van der Waals surface area contributed by atoms with Gasteiger partial charge in [0.25, 0.3) is 0 Å². The van der Waals surface area contributed by atoms with Crippen molar-refractivity contribution in [3.8, 4) is 5.75 Å². The molecule has 140 valence electrons. The van der Waals surface area contributed by atoms with Crippen LogP contribution in [-0.4, -0.2) is 23.7 Å². The molecule has 8 heteroatoms. The molecule has 1 unspecified atom stereocenters. The highest BCUT2D eigenvalue weighted by molar-refractivity contribution is 6.05. The highest BCUT2D eigenvalue weighted by Gasteiger charge is 2.11. The number of carbonyl (C=O) groups is 1. The quantitative estimate of drug-likeness (QED) is 0.596. The zero-order valence-corrected chi connectivity index (χ0v) is 14.5. The molecule has 1 atom stereocenters. The van der Waals surface area contributed by atoms with Crippen molar-refractivity contribution in [3.63, 3.8) is 0 Å². The number of halogens is 2. The number of hydrogen-bond donors (Lipinski definition) is 3. The first-order chi connectivity index (χ1) is 12.9. The number of anilines is 2. The molecule has 2 amide bonds. The number of urea groups is 1. The van der Waals surface area contributed by atoms with Crippen LogP contribution in [0.5, 0.6) is 5.75 Å². The standard InChI is InChI=1S/C19H18F2N4O2/c1-11(10-27-14-7-12(20)6-13(21)8-14)24-19(26)25-18-3-2-17(22)16-9-23-5-4-15(16)18/h2-9,11H,10,22H2,1H3,(H2,24,25,26). The fourth-order valence-electron chi connectivity index (χ4n) is 2.58. The van der Waals surface area contributed by atoms with Crippen LogP contribution in [0.4, 0.5) is 25.0 Å². The lowest BCUT2D eigenvalue weighted by atomic mass is 10.1. The van der Waals surface area contributed by atoms with Gasteiger partial charge in [-0.15, -0.1) is 0 Å². The molecule has 0 aliphatic carbocycles. The molecule has 3 rings (SSSR count). The summed E-state index contributed by atoms with van der Waals surface area (Å²) in [4.78, 5) is 16.3. The molecule has 3 aromatic rings. The first-order valence-electron chi connectivity index (χ1n) is 8.21. The van der Waals surface area contributed by atoms with Gasteiger partial charge in [0.1, 0.15) is 24.0 Å². The molecule has 1 heterocycles. The van der Waals surface area contributed by atoms with Gasteiger partial charge in [-0.05, 0) is 25.1 Å². The summed E-state index contributed by atoms with van der Waals surface area (Å²) in [5, 5.41) is 6.95. The number of nitrogens with zero attached hydrogens (tertiary/aromatic N) is 1. The first kappa shape index (κ1) is 18.4. The molecule has 0 aliphatic rings. The minimum Gasteiger partial charge on any atom is -0.491 e. The van der Waals surface area contributed by atoms with Crippen LogP contribution in [0.3, 0.4) is 0 Å².